The molecular weight excluding hydrogens is 224 g/mol. The van der Waals surface area contributed by atoms with Gasteiger partial charge in [0.1, 0.15) is 12.1 Å². The smallest absolute Gasteiger partial charge is 0.136 e. The summed E-state index contributed by atoms with van der Waals surface area (Å²) in [4.78, 5) is 10.7. The van der Waals surface area contributed by atoms with Gasteiger partial charge in [-0.05, 0) is 18.4 Å². The number of rotatable bonds is 7. The Balaban J connectivity index is 2.66. The van der Waals surface area contributed by atoms with E-state index in [0.29, 0.717) is 11.8 Å². The van der Waals surface area contributed by atoms with Crippen molar-refractivity contribution in [1.29, 1.82) is 0 Å². The Morgan fingerprint density at radius 2 is 1.94 bits per heavy atom. The normalized spacial score (nSPS) is 11.3. The molecular formula is C14H26N4. The van der Waals surface area contributed by atoms with Gasteiger partial charge in [-0.1, -0.05) is 27.7 Å². The van der Waals surface area contributed by atoms with Gasteiger partial charge in [0, 0.05) is 31.9 Å². The molecule has 0 atom stereocenters. The lowest BCUT2D eigenvalue weighted by atomic mass is 10.2. The van der Waals surface area contributed by atoms with Crippen LogP contribution in [0.25, 0.3) is 0 Å². The fourth-order valence-electron chi connectivity index (χ4n) is 1.95. The average molecular weight is 250 g/mol. The third kappa shape index (κ3) is 5.00. The van der Waals surface area contributed by atoms with E-state index < -0.39 is 0 Å². The quantitative estimate of drug-likeness (QED) is 0.806. The van der Waals surface area contributed by atoms with Gasteiger partial charge >= 0.3 is 0 Å². The molecule has 0 aliphatic heterocycles. The van der Waals surface area contributed by atoms with Crippen LogP contribution in [0.3, 0.4) is 0 Å². The second-order valence-electron chi connectivity index (χ2n) is 5.67. The molecule has 1 rings (SSSR count). The van der Waals surface area contributed by atoms with Crippen LogP contribution in [0.2, 0.25) is 0 Å². The Hall–Kier alpha value is -1.16. The molecule has 0 spiro atoms. The van der Waals surface area contributed by atoms with Crippen LogP contribution in [0.1, 0.15) is 33.3 Å². The standard InChI is InChI=1S/C14H26N4/c1-11(2)6-15-7-13-8-16-10-17-14(13)18(5)9-12(3)4/h8,10-12,15H,6-7,9H2,1-5H3. The van der Waals surface area contributed by atoms with Crippen LogP contribution in [-0.4, -0.2) is 30.1 Å². The van der Waals surface area contributed by atoms with Crippen LogP contribution in [0.15, 0.2) is 12.5 Å². The molecule has 0 amide bonds. The second kappa shape index (κ2) is 7.31. The van der Waals surface area contributed by atoms with Crippen molar-refractivity contribution < 1.29 is 0 Å². The van der Waals surface area contributed by atoms with Crippen molar-refractivity contribution in [3.63, 3.8) is 0 Å². The first-order valence-corrected chi connectivity index (χ1v) is 6.71. The highest BCUT2D eigenvalue weighted by molar-refractivity contribution is 5.44. The highest BCUT2D eigenvalue weighted by Gasteiger charge is 2.10. The van der Waals surface area contributed by atoms with E-state index in [9.17, 15) is 0 Å². The summed E-state index contributed by atoms with van der Waals surface area (Å²) in [7, 11) is 2.09. The summed E-state index contributed by atoms with van der Waals surface area (Å²) >= 11 is 0. The summed E-state index contributed by atoms with van der Waals surface area (Å²) in [5.41, 5.74) is 1.17. The van der Waals surface area contributed by atoms with Gasteiger partial charge in [-0.25, -0.2) is 9.97 Å². The van der Waals surface area contributed by atoms with Crippen LogP contribution in [0, 0.1) is 11.8 Å². The molecule has 0 unspecified atom stereocenters. The van der Waals surface area contributed by atoms with Gasteiger partial charge in [-0.2, -0.15) is 0 Å². The number of aromatic nitrogens is 2. The first-order chi connectivity index (χ1) is 8.50. The Labute approximate surface area is 111 Å². The summed E-state index contributed by atoms with van der Waals surface area (Å²) in [5.74, 6) is 2.32. The average Bonchev–Trinajstić information content (AvgIpc) is 2.28. The maximum Gasteiger partial charge on any atom is 0.136 e. The molecule has 0 aromatic carbocycles. The molecule has 0 aliphatic carbocycles. The van der Waals surface area contributed by atoms with E-state index in [1.54, 1.807) is 6.33 Å². The van der Waals surface area contributed by atoms with Gasteiger partial charge in [0.05, 0.1) is 0 Å². The van der Waals surface area contributed by atoms with E-state index in [4.69, 9.17) is 0 Å². The molecule has 1 aromatic rings. The van der Waals surface area contributed by atoms with Crippen molar-refractivity contribution in [2.45, 2.75) is 34.2 Å². The topological polar surface area (TPSA) is 41.1 Å². The number of anilines is 1. The summed E-state index contributed by atoms with van der Waals surface area (Å²) in [6, 6.07) is 0. The lowest BCUT2D eigenvalue weighted by molar-refractivity contribution is 0.550. The molecule has 1 aromatic heterocycles. The van der Waals surface area contributed by atoms with E-state index in [1.807, 2.05) is 6.20 Å². The Bertz CT molecular complexity index is 349. The Morgan fingerprint density at radius 1 is 1.22 bits per heavy atom. The summed E-state index contributed by atoms with van der Waals surface area (Å²) in [5, 5.41) is 3.44. The number of nitrogens with one attached hydrogen (secondary N) is 1. The SMILES string of the molecule is CC(C)CNCc1cncnc1N(C)CC(C)C. The minimum absolute atomic E-state index is 0.626. The Morgan fingerprint density at radius 3 is 2.56 bits per heavy atom. The van der Waals surface area contributed by atoms with Crippen LogP contribution in [0.5, 0.6) is 0 Å². The maximum atomic E-state index is 4.40. The predicted octanol–water partition coefficient (Wildman–Crippen LogP) is 2.31. The van der Waals surface area contributed by atoms with Gasteiger partial charge in [0.15, 0.2) is 0 Å². The van der Waals surface area contributed by atoms with Crippen molar-refractivity contribution in [1.82, 2.24) is 15.3 Å². The van der Waals surface area contributed by atoms with Crippen LogP contribution in [-0.2, 0) is 6.54 Å². The minimum Gasteiger partial charge on any atom is -0.359 e. The van der Waals surface area contributed by atoms with E-state index in [-0.39, 0.29) is 0 Å². The van der Waals surface area contributed by atoms with Crippen molar-refractivity contribution in [2.24, 2.45) is 11.8 Å². The van der Waals surface area contributed by atoms with Gasteiger partial charge < -0.3 is 10.2 Å². The zero-order valence-electron chi connectivity index (χ0n) is 12.3. The number of nitrogens with zero attached hydrogens (tertiary/aromatic N) is 3. The Kier molecular flexibility index (Phi) is 6.05. The van der Waals surface area contributed by atoms with E-state index in [1.165, 1.54) is 5.56 Å². The molecule has 0 saturated carbocycles. The zero-order valence-corrected chi connectivity index (χ0v) is 12.3. The van der Waals surface area contributed by atoms with Crippen LogP contribution < -0.4 is 10.2 Å². The summed E-state index contributed by atoms with van der Waals surface area (Å²) < 4.78 is 0. The largest absolute Gasteiger partial charge is 0.359 e. The molecule has 0 fully saturated rings. The van der Waals surface area contributed by atoms with Crippen molar-refractivity contribution in [2.75, 3.05) is 25.0 Å². The van der Waals surface area contributed by atoms with E-state index in [2.05, 4.69) is 54.9 Å². The van der Waals surface area contributed by atoms with E-state index in [0.717, 1.165) is 25.5 Å². The fraction of sp³-hybridized carbons (Fsp3) is 0.714. The highest BCUT2D eigenvalue weighted by atomic mass is 15.2. The highest BCUT2D eigenvalue weighted by Crippen LogP contribution is 2.15. The lowest BCUT2D eigenvalue weighted by Crippen LogP contribution is -2.27. The number of hydrogen-bond acceptors (Lipinski definition) is 4. The van der Waals surface area contributed by atoms with Crippen LogP contribution in [0.4, 0.5) is 5.82 Å². The number of hydrogen-bond donors (Lipinski definition) is 1. The fourth-order valence-corrected chi connectivity index (χ4v) is 1.95. The zero-order chi connectivity index (χ0) is 13.5. The molecule has 4 nitrogen and oxygen atoms in total. The van der Waals surface area contributed by atoms with Gasteiger partial charge in [0.2, 0.25) is 0 Å². The molecule has 1 heterocycles. The monoisotopic (exact) mass is 250 g/mol. The van der Waals surface area contributed by atoms with E-state index >= 15 is 0 Å². The van der Waals surface area contributed by atoms with Crippen molar-refractivity contribution >= 4 is 5.82 Å². The molecule has 0 aliphatic rings. The van der Waals surface area contributed by atoms with Crippen molar-refractivity contribution in [3.05, 3.63) is 18.1 Å². The molecule has 0 radical (unpaired) electrons. The molecule has 0 saturated heterocycles. The van der Waals surface area contributed by atoms with Crippen molar-refractivity contribution in [3.8, 4) is 0 Å². The molecule has 102 valence electrons. The molecule has 18 heavy (non-hydrogen) atoms. The molecule has 4 heteroatoms. The van der Waals surface area contributed by atoms with Crippen LogP contribution >= 0.6 is 0 Å². The first kappa shape index (κ1) is 14.9. The third-order valence-corrected chi connectivity index (χ3v) is 2.63. The molecule has 1 N–H and O–H groups in total. The van der Waals surface area contributed by atoms with Gasteiger partial charge in [0.25, 0.3) is 0 Å². The lowest BCUT2D eigenvalue weighted by Gasteiger charge is -2.22. The maximum absolute atomic E-state index is 4.40. The minimum atomic E-state index is 0.626. The first-order valence-electron chi connectivity index (χ1n) is 6.71. The van der Waals surface area contributed by atoms with Gasteiger partial charge in [-0.15, -0.1) is 0 Å². The third-order valence-electron chi connectivity index (χ3n) is 2.63. The van der Waals surface area contributed by atoms with Gasteiger partial charge in [-0.3, -0.25) is 0 Å². The summed E-state index contributed by atoms with van der Waals surface area (Å²) in [6.07, 6.45) is 3.53. The predicted molar refractivity (Wildman–Crippen MR) is 76.7 cm³/mol. The summed E-state index contributed by atoms with van der Waals surface area (Å²) in [6.45, 7) is 11.7. The second-order valence-corrected chi connectivity index (χ2v) is 5.67. The molecule has 0 bridgehead atoms.